The lowest BCUT2D eigenvalue weighted by atomic mass is 9.74. The van der Waals surface area contributed by atoms with Gasteiger partial charge in [0.05, 0.1) is 16.9 Å². The van der Waals surface area contributed by atoms with E-state index in [1.54, 1.807) is 0 Å². The number of piperidine rings is 1. The number of pyridine rings is 1. The predicted octanol–water partition coefficient (Wildman–Crippen LogP) is 3.39. The number of hydrogen-bond donors (Lipinski definition) is 2. The van der Waals surface area contributed by atoms with E-state index in [0.29, 0.717) is 5.41 Å². The number of amidine groups is 1. The highest BCUT2D eigenvalue weighted by Crippen LogP contribution is 2.39. The first kappa shape index (κ1) is 15.8. The average Bonchev–Trinajstić information content (AvgIpc) is 2.46. The molecule has 0 radical (unpaired) electrons. The average molecular weight is 288 g/mol. The van der Waals surface area contributed by atoms with Crippen molar-refractivity contribution >= 4 is 11.5 Å². The van der Waals surface area contributed by atoms with E-state index in [9.17, 15) is 0 Å². The second kappa shape index (κ2) is 6.04. The van der Waals surface area contributed by atoms with Gasteiger partial charge >= 0.3 is 0 Å². The molecule has 1 aliphatic heterocycles. The quantitative estimate of drug-likeness (QED) is 0.659. The first-order chi connectivity index (χ1) is 9.92. The molecule has 3 N–H and O–H groups in total. The van der Waals surface area contributed by atoms with Gasteiger partial charge in [0.25, 0.3) is 0 Å². The van der Waals surface area contributed by atoms with Crippen molar-refractivity contribution < 1.29 is 0 Å². The lowest BCUT2D eigenvalue weighted by molar-refractivity contribution is 0.199. The summed E-state index contributed by atoms with van der Waals surface area (Å²) in [7, 11) is 0. The van der Waals surface area contributed by atoms with Crippen LogP contribution >= 0.6 is 0 Å². The first-order valence-electron chi connectivity index (χ1n) is 8.00. The Morgan fingerprint density at radius 2 is 1.86 bits per heavy atom. The third-order valence-electron chi connectivity index (χ3n) is 5.24. The van der Waals surface area contributed by atoms with Crippen LogP contribution in [0.2, 0.25) is 0 Å². The normalized spacial score (nSPS) is 17.8. The lowest BCUT2D eigenvalue weighted by Gasteiger charge is -2.42. The van der Waals surface area contributed by atoms with Gasteiger partial charge < -0.3 is 10.6 Å². The van der Waals surface area contributed by atoms with Crippen molar-refractivity contribution in [1.29, 1.82) is 5.41 Å². The highest BCUT2D eigenvalue weighted by atomic mass is 15.1. The maximum absolute atomic E-state index is 7.87. The van der Waals surface area contributed by atoms with E-state index in [1.165, 1.54) is 25.7 Å². The van der Waals surface area contributed by atoms with E-state index in [2.05, 4.69) is 29.8 Å². The number of aryl methyl sites for hydroxylation is 2. The van der Waals surface area contributed by atoms with Crippen LogP contribution in [0.4, 0.5) is 5.69 Å². The monoisotopic (exact) mass is 288 g/mol. The Hall–Kier alpha value is -1.58. The third kappa shape index (κ3) is 3.04. The summed E-state index contributed by atoms with van der Waals surface area (Å²) in [6.07, 6.45) is 4.95. The zero-order valence-electron chi connectivity index (χ0n) is 13.8. The minimum absolute atomic E-state index is 0.123. The molecule has 2 heterocycles. The Labute approximate surface area is 128 Å². The molecule has 4 nitrogen and oxygen atoms in total. The molecule has 0 spiro atoms. The summed E-state index contributed by atoms with van der Waals surface area (Å²) in [6, 6.07) is 2.08. The number of hydrogen-bond acceptors (Lipinski definition) is 3. The largest absolute Gasteiger partial charge is 0.384 e. The van der Waals surface area contributed by atoms with Crippen LogP contribution in [0.3, 0.4) is 0 Å². The maximum Gasteiger partial charge on any atom is 0.126 e. The molecule has 1 fully saturated rings. The van der Waals surface area contributed by atoms with Crippen molar-refractivity contribution in [2.75, 3.05) is 18.0 Å². The molecule has 4 heteroatoms. The fourth-order valence-electron chi connectivity index (χ4n) is 3.57. The van der Waals surface area contributed by atoms with Crippen molar-refractivity contribution in [1.82, 2.24) is 4.98 Å². The van der Waals surface area contributed by atoms with Gasteiger partial charge in [0.1, 0.15) is 5.84 Å². The molecule has 1 aliphatic rings. The van der Waals surface area contributed by atoms with Crippen LogP contribution in [0.25, 0.3) is 0 Å². The standard InChI is InChI=1S/C17H28N4/c1-5-17(6-2)7-9-21(10-8-17)14-11-12(3)20-13(4)15(14)16(18)19/h11H,5-10H2,1-4H3,(H3,18,19). The molecular weight excluding hydrogens is 260 g/mol. The van der Waals surface area contributed by atoms with Gasteiger partial charge in [-0.2, -0.15) is 0 Å². The van der Waals surface area contributed by atoms with E-state index in [4.69, 9.17) is 11.1 Å². The van der Waals surface area contributed by atoms with Crippen LogP contribution in [0.5, 0.6) is 0 Å². The van der Waals surface area contributed by atoms with E-state index in [-0.39, 0.29) is 5.84 Å². The smallest absolute Gasteiger partial charge is 0.126 e. The molecule has 0 aliphatic carbocycles. The zero-order chi connectivity index (χ0) is 15.6. The second-order valence-electron chi connectivity index (χ2n) is 6.35. The Balaban J connectivity index is 2.30. The zero-order valence-corrected chi connectivity index (χ0v) is 13.8. The van der Waals surface area contributed by atoms with Crippen LogP contribution in [-0.2, 0) is 0 Å². The fourth-order valence-corrected chi connectivity index (χ4v) is 3.57. The molecule has 1 aromatic heterocycles. The highest BCUT2D eigenvalue weighted by molar-refractivity contribution is 6.01. The number of nitrogens with two attached hydrogens (primary N) is 1. The molecule has 0 bridgehead atoms. The van der Waals surface area contributed by atoms with Crippen molar-refractivity contribution in [2.24, 2.45) is 11.1 Å². The SMILES string of the molecule is CCC1(CC)CCN(c2cc(C)nc(C)c2C(=N)N)CC1. The summed E-state index contributed by atoms with van der Waals surface area (Å²) < 4.78 is 0. The van der Waals surface area contributed by atoms with Gasteiger partial charge in [-0.15, -0.1) is 0 Å². The number of aromatic nitrogens is 1. The minimum Gasteiger partial charge on any atom is -0.384 e. The van der Waals surface area contributed by atoms with Crippen molar-refractivity contribution in [3.05, 3.63) is 23.0 Å². The molecule has 0 amide bonds. The fraction of sp³-hybridized carbons (Fsp3) is 0.647. The van der Waals surface area contributed by atoms with Gasteiger partial charge in [-0.1, -0.05) is 26.7 Å². The molecule has 116 valence electrons. The highest BCUT2D eigenvalue weighted by Gasteiger charge is 2.32. The molecule has 0 aromatic carbocycles. The number of anilines is 1. The molecule has 2 rings (SSSR count). The number of nitrogens with one attached hydrogen (secondary N) is 1. The van der Waals surface area contributed by atoms with Crippen LogP contribution in [0, 0.1) is 24.7 Å². The summed E-state index contributed by atoms with van der Waals surface area (Å²) in [5, 5.41) is 7.87. The predicted molar refractivity (Wildman–Crippen MR) is 89.2 cm³/mol. The molecule has 0 unspecified atom stereocenters. The Bertz CT molecular complexity index is 522. The number of nitrogen functional groups attached to an aromatic ring is 1. The topological polar surface area (TPSA) is 66.0 Å². The molecule has 0 atom stereocenters. The summed E-state index contributed by atoms with van der Waals surface area (Å²) in [4.78, 5) is 6.85. The van der Waals surface area contributed by atoms with E-state index < -0.39 is 0 Å². The van der Waals surface area contributed by atoms with E-state index >= 15 is 0 Å². The number of nitrogens with zero attached hydrogens (tertiary/aromatic N) is 2. The molecule has 1 aromatic rings. The first-order valence-corrected chi connectivity index (χ1v) is 8.00. The molecular formula is C17H28N4. The molecule has 21 heavy (non-hydrogen) atoms. The Kier molecular flexibility index (Phi) is 4.55. The summed E-state index contributed by atoms with van der Waals surface area (Å²) in [6.45, 7) is 10.7. The summed E-state index contributed by atoms with van der Waals surface area (Å²) in [5.41, 5.74) is 10.1. The lowest BCUT2D eigenvalue weighted by Crippen LogP contribution is -2.40. The van der Waals surface area contributed by atoms with E-state index in [0.717, 1.165) is 35.7 Å². The van der Waals surface area contributed by atoms with Gasteiger partial charge in [-0.05, 0) is 38.2 Å². The second-order valence-corrected chi connectivity index (χ2v) is 6.35. The van der Waals surface area contributed by atoms with Gasteiger partial charge in [0.15, 0.2) is 0 Å². The van der Waals surface area contributed by atoms with Gasteiger partial charge in [0, 0.05) is 18.8 Å². The van der Waals surface area contributed by atoms with Crippen LogP contribution in [-0.4, -0.2) is 23.9 Å². The van der Waals surface area contributed by atoms with Gasteiger partial charge in [-0.25, -0.2) is 0 Å². The van der Waals surface area contributed by atoms with Crippen molar-refractivity contribution in [3.8, 4) is 0 Å². The minimum atomic E-state index is 0.123. The third-order valence-corrected chi connectivity index (χ3v) is 5.24. The van der Waals surface area contributed by atoms with Crippen LogP contribution < -0.4 is 10.6 Å². The van der Waals surface area contributed by atoms with Crippen molar-refractivity contribution in [2.45, 2.75) is 53.4 Å². The summed E-state index contributed by atoms with van der Waals surface area (Å²) >= 11 is 0. The van der Waals surface area contributed by atoms with Crippen LogP contribution in [0.1, 0.15) is 56.5 Å². The number of rotatable bonds is 4. The van der Waals surface area contributed by atoms with Crippen LogP contribution in [0.15, 0.2) is 6.07 Å². The maximum atomic E-state index is 7.87. The summed E-state index contributed by atoms with van der Waals surface area (Å²) in [5.74, 6) is 0.123. The molecule has 1 saturated heterocycles. The Morgan fingerprint density at radius 1 is 1.29 bits per heavy atom. The van der Waals surface area contributed by atoms with Gasteiger partial charge in [0.2, 0.25) is 0 Å². The molecule has 0 saturated carbocycles. The van der Waals surface area contributed by atoms with Crippen molar-refractivity contribution in [3.63, 3.8) is 0 Å². The Morgan fingerprint density at radius 3 is 2.33 bits per heavy atom. The van der Waals surface area contributed by atoms with E-state index in [1.807, 2.05) is 13.8 Å². The van der Waals surface area contributed by atoms with Gasteiger partial charge in [-0.3, -0.25) is 10.4 Å².